The summed E-state index contributed by atoms with van der Waals surface area (Å²) < 4.78 is 0. The second-order valence-corrected chi connectivity index (χ2v) is 3.42. The van der Waals surface area contributed by atoms with E-state index >= 15 is 0 Å². The van der Waals surface area contributed by atoms with Crippen LogP contribution >= 0.6 is 0 Å². The van der Waals surface area contributed by atoms with E-state index in [9.17, 15) is 4.79 Å². The van der Waals surface area contributed by atoms with E-state index in [1.54, 1.807) is 24.1 Å². The van der Waals surface area contributed by atoms with Crippen molar-refractivity contribution in [2.75, 3.05) is 19.3 Å². The number of aromatic nitrogens is 2. The fourth-order valence-electron chi connectivity index (χ4n) is 1.15. The van der Waals surface area contributed by atoms with Gasteiger partial charge in [0, 0.05) is 13.6 Å². The number of nitrogens with zero attached hydrogens (tertiary/aromatic N) is 3. The summed E-state index contributed by atoms with van der Waals surface area (Å²) in [6.45, 7) is 2.82. The van der Waals surface area contributed by atoms with Gasteiger partial charge in [-0.3, -0.25) is 4.79 Å². The number of carbonyl (C=O) groups is 1. The number of carbonyl (C=O) groups excluding carboxylic acids is 1. The van der Waals surface area contributed by atoms with Crippen molar-refractivity contribution < 1.29 is 4.79 Å². The minimum atomic E-state index is -0.115. The molecule has 0 bridgehead atoms. The molecule has 5 nitrogen and oxygen atoms in total. The van der Waals surface area contributed by atoms with Crippen LogP contribution in [0.5, 0.6) is 0 Å². The molecule has 1 amide bonds. The Morgan fingerprint density at radius 1 is 1.47 bits per heavy atom. The highest BCUT2D eigenvalue weighted by Crippen LogP contribution is 2.02. The van der Waals surface area contributed by atoms with E-state index in [0.717, 1.165) is 19.4 Å². The van der Waals surface area contributed by atoms with Crippen molar-refractivity contribution in [3.05, 3.63) is 17.8 Å². The van der Waals surface area contributed by atoms with Crippen LogP contribution in [0.4, 0.5) is 5.82 Å². The minimum absolute atomic E-state index is 0.115. The van der Waals surface area contributed by atoms with Crippen LogP contribution < -0.4 is 5.73 Å². The van der Waals surface area contributed by atoms with Crippen molar-refractivity contribution in [2.45, 2.75) is 19.8 Å². The van der Waals surface area contributed by atoms with Gasteiger partial charge in [-0.2, -0.15) is 0 Å². The zero-order valence-electron chi connectivity index (χ0n) is 9.10. The highest BCUT2D eigenvalue weighted by Gasteiger charge is 2.12. The molecule has 82 valence electrons. The lowest BCUT2D eigenvalue weighted by Gasteiger charge is -2.15. The molecule has 1 heterocycles. The first-order valence-electron chi connectivity index (χ1n) is 4.99. The van der Waals surface area contributed by atoms with Gasteiger partial charge in [0.2, 0.25) is 0 Å². The van der Waals surface area contributed by atoms with Gasteiger partial charge < -0.3 is 10.6 Å². The highest BCUT2D eigenvalue weighted by molar-refractivity contribution is 5.92. The lowest BCUT2D eigenvalue weighted by Crippen LogP contribution is -2.28. The van der Waals surface area contributed by atoms with Gasteiger partial charge in [0.1, 0.15) is 5.82 Å². The Balaban J connectivity index is 2.63. The molecule has 0 spiro atoms. The summed E-state index contributed by atoms with van der Waals surface area (Å²) in [4.78, 5) is 13.4. The van der Waals surface area contributed by atoms with Crippen LogP contribution in [-0.4, -0.2) is 34.6 Å². The SMILES string of the molecule is CCCCN(C)C(=O)c1ccc(N)nn1. The summed E-state index contributed by atoms with van der Waals surface area (Å²) >= 11 is 0. The normalized spacial score (nSPS) is 10.0. The van der Waals surface area contributed by atoms with Crippen LogP contribution in [0.1, 0.15) is 30.3 Å². The average Bonchev–Trinajstić information content (AvgIpc) is 2.26. The molecule has 0 fully saturated rings. The standard InChI is InChI=1S/C10H16N4O/c1-3-4-7-14(2)10(15)8-5-6-9(11)13-12-8/h5-6H,3-4,7H2,1-2H3,(H2,11,13). The summed E-state index contributed by atoms with van der Waals surface area (Å²) in [5, 5.41) is 7.38. The van der Waals surface area contributed by atoms with E-state index in [2.05, 4.69) is 17.1 Å². The average molecular weight is 208 g/mol. The van der Waals surface area contributed by atoms with Crippen LogP contribution in [0.3, 0.4) is 0 Å². The fraction of sp³-hybridized carbons (Fsp3) is 0.500. The lowest BCUT2D eigenvalue weighted by molar-refractivity contribution is 0.0786. The minimum Gasteiger partial charge on any atom is -0.382 e. The molecule has 0 unspecified atom stereocenters. The summed E-state index contributed by atoms with van der Waals surface area (Å²) in [6.07, 6.45) is 2.05. The largest absolute Gasteiger partial charge is 0.382 e. The number of hydrogen-bond acceptors (Lipinski definition) is 4. The molecule has 15 heavy (non-hydrogen) atoms. The van der Waals surface area contributed by atoms with Gasteiger partial charge in [-0.05, 0) is 18.6 Å². The van der Waals surface area contributed by atoms with Gasteiger partial charge in [-0.25, -0.2) is 0 Å². The number of nitrogens with two attached hydrogens (primary N) is 1. The molecule has 1 rings (SSSR count). The molecule has 0 aromatic carbocycles. The van der Waals surface area contributed by atoms with Gasteiger partial charge in [-0.1, -0.05) is 13.3 Å². The first-order chi connectivity index (χ1) is 7.15. The summed E-state index contributed by atoms with van der Waals surface area (Å²) in [5.41, 5.74) is 5.72. The van der Waals surface area contributed by atoms with Gasteiger partial charge in [-0.15, -0.1) is 10.2 Å². The van der Waals surface area contributed by atoms with Gasteiger partial charge in [0.15, 0.2) is 5.69 Å². The topological polar surface area (TPSA) is 72.1 Å². The maximum Gasteiger partial charge on any atom is 0.274 e. The van der Waals surface area contributed by atoms with Crippen molar-refractivity contribution in [1.29, 1.82) is 0 Å². The third-order valence-corrected chi connectivity index (χ3v) is 2.10. The van der Waals surface area contributed by atoms with Crippen molar-refractivity contribution in [2.24, 2.45) is 0 Å². The number of anilines is 1. The van der Waals surface area contributed by atoms with E-state index in [1.165, 1.54) is 0 Å². The lowest BCUT2D eigenvalue weighted by atomic mass is 10.3. The number of unbranched alkanes of at least 4 members (excludes halogenated alkanes) is 1. The number of rotatable bonds is 4. The van der Waals surface area contributed by atoms with Crippen LogP contribution in [0.2, 0.25) is 0 Å². The molecular formula is C10H16N4O. The second-order valence-electron chi connectivity index (χ2n) is 3.42. The maximum atomic E-state index is 11.7. The van der Waals surface area contributed by atoms with Gasteiger partial charge in [0.05, 0.1) is 0 Å². The molecule has 0 atom stereocenters. The number of amides is 1. The molecular weight excluding hydrogens is 192 g/mol. The molecule has 0 radical (unpaired) electrons. The van der Waals surface area contributed by atoms with Crippen LogP contribution in [-0.2, 0) is 0 Å². The molecule has 0 aliphatic heterocycles. The highest BCUT2D eigenvalue weighted by atomic mass is 16.2. The van der Waals surface area contributed by atoms with Crippen LogP contribution in [0.25, 0.3) is 0 Å². The van der Waals surface area contributed by atoms with E-state index in [0.29, 0.717) is 11.5 Å². The smallest absolute Gasteiger partial charge is 0.274 e. The Morgan fingerprint density at radius 2 is 2.20 bits per heavy atom. The van der Waals surface area contributed by atoms with Gasteiger partial charge in [0.25, 0.3) is 5.91 Å². The molecule has 1 aromatic rings. The Labute approximate surface area is 89.3 Å². The van der Waals surface area contributed by atoms with Gasteiger partial charge >= 0.3 is 0 Å². The third kappa shape index (κ3) is 3.19. The van der Waals surface area contributed by atoms with E-state index in [-0.39, 0.29) is 5.91 Å². The van der Waals surface area contributed by atoms with Crippen LogP contribution in [0.15, 0.2) is 12.1 Å². The number of hydrogen-bond donors (Lipinski definition) is 1. The molecule has 5 heteroatoms. The summed E-state index contributed by atoms with van der Waals surface area (Å²) in [5.74, 6) is 0.207. The first kappa shape index (κ1) is 11.4. The molecule has 0 aliphatic carbocycles. The van der Waals surface area contributed by atoms with Crippen molar-refractivity contribution in [1.82, 2.24) is 15.1 Å². The Bertz CT molecular complexity index is 323. The fourth-order valence-corrected chi connectivity index (χ4v) is 1.15. The third-order valence-electron chi connectivity index (χ3n) is 2.10. The predicted molar refractivity (Wildman–Crippen MR) is 58.3 cm³/mol. The maximum absolute atomic E-state index is 11.7. The first-order valence-corrected chi connectivity index (χ1v) is 4.99. The molecule has 2 N–H and O–H groups in total. The van der Waals surface area contributed by atoms with Crippen LogP contribution in [0, 0.1) is 0 Å². The molecule has 1 aromatic heterocycles. The Morgan fingerprint density at radius 3 is 2.73 bits per heavy atom. The predicted octanol–water partition coefficient (Wildman–Crippen LogP) is 0.931. The molecule has 0 saturated heterocycles. The Kier molecular flexibility index (Phi) is 4.03. The molecule has 0 aliphatic rings. The quantitative estimate of drug-likeness (QED) is 0.799. The number of nitrogen functional groups attached to an aromatic ring is 1. The van der Waals surface area contributed by atoms with E-state index < -0.39 is 0 Å². The monoisotopic (exact) mass is 208 g/mol. The Hall–Kier alpha value is -1.65. The molecule has 0 saturated carbocycles. The summed E-state index contributed by atoms with van der Waals surface area (Å²) in [7, 11) is 1.76. The van der Waals surface area contributed by atoms with Crippen molar-refractivity contribution in [3.8, 4) is 0 Å². The van der Waals surface area contributed by atoms with Crippen molar-refractivity contribution in [3.63, 3.8) is 0 Å². The van der Waals surface area contributed by atoms with Crippen molar-refractivity contribution >= 4 is 11.7 Å². The van der Waals surface area contributed by atoms with E-state index in [1.807, 2.05) is 0 Å². The second kappa shape index (κ2) is 5.29. The zero-order valence-corrected chi connectivity index (χ0v) is 9.10. The summed E-state index contributed by atoms with van der Waals surface area (Å²) in [6, 6.07) is 3.17. The van der Waals surface area contributed by atoms with E-state index in [4.69, 9.17) is 5.73 Å². The zero-order chi connectivity index (χ0) is 11.3.